The Morgan fingerprint density at radius 3 is 3.06 bits per heavy atom. The van der Waals surface area contributed by atoms with Gasteiger partial charge in [-0.1, -0.05) is 0 Å². The Bertz CT molecular complexity index is 518. The summed E-state index contributed by atoms with van der Waals surface area (Å²) in [5, 5.41) is 3.41. The van der Waals surface area contributed by atoms with E-state index in [0.717, 1.165) is 35.9 Å². The molecular formula is C13H17N3O2. The minimum absolute atomic E-state index is 0.234. The third-order valence-electron chi connectivity index (χ3n) is 3.41. The van der Waals surface area contributed by atoms with Gasteiger partial charge in [0.15, 0.2) is 5.76 Å². The highest BCUT2D eigenvalue weighted by Gasteiger charge is 2.28. The van der Waals surface area contributed by atoms with Gasteiger partial charge in [0, 0.05) is 19.3 Å². The lowest BCUT2D eigenvalue weighted by Crippen LogP contribution is -2.16. The minimum Gasteiger partial charge on any atom is -0.463 e. The molecule has 1 aliphatic rings. The molecule has 0 bridgehead atoms. The zero-order valence-electron chi connectivity index (χ0n) is 10.6. The van der Waals surface area contributed by atoms with Crippen molar-refractivity contribution in [1.82, 2.24) is 15.3 Å². The average Bonchev–Trinajstić information content (AvgIpc) is 3.08. The number of aromatic nitrogens is 2. The summed E-state index contributed by atoms with van der Waals surface area (Å²) < 4.78 is 10.7. The maximum absolute atomic E-state index is 5.39. The van der Waals surface area contributed by atoms with Crippen LogP contribution in [-0.4, -0.2) is 29.7 Å². The normalized spacial score (nSPS) is 23.7. The summed E-state index contributed by atoms with van der Waals surface area (Å²) in [7, 11) is 1.75. The van der Waals surface area contributed by atoms with Gasteiger partial charge in [-0.3, -0.25) is 0 Å². The van der Waals surface area contributed by atoms with Gasteiger partial charge in [0.2, 0.25) is 0 Å². The fraction of sp³-hybridized carbons (Fsp3) is 0.462. The van der Waals surface area contributed by atoms with Crippen LogP contribution in [0.2, 0.25) is 0 Å². The number of methoxy groups -OCH3 is 1. The van der Waals surface area contributed by atoms with Crippen LogP contribution in [0.3, 0.4) is 0 Å². The predicted molar refractivity (Wildman–Crippen MR) is 67.2 cm³/mol. The number of nitrogens with zero attached hydrogens (tertiary/aromatic N) is 1. The van der Waals surface area contributed by atoms with Gasteiger partial charge in [-0.25, -0.2) is 4.98 Å². The highest BCUT2D eigenvalue weighted by molar-refractivity contribution is 5.55. The van der Waals surface area contributed by atoms with Gasteiger partial charge >= 0.3 is 0 Å². The van der Waals surface area contributed by atoms with Crippen LogP contribution < -0.4 is 5.32 Å². The average molecular weight is 247 g/mol. The summed E-state index contributed by atoms with van der Waals surface area (Å²) in [6.45, 7) is 2.88. The molecule has 1 fully saturated rings. The van der Waals surface area contributed by atoms with Crippen molar-refractivity contribution in [3.63, 3.8) is 0 Å². The number of nitrogens with one attached hydrogen (secondary N) is 2. The standard InChI is InChI=1S/C13H17N3O2/c1-8-12(11-4-3-5-18-11)16-13(15-8)10-6-9(17-2)7-14-10/h3-5,9-10,14H,6-7H2,1-2H3,(H,15,16). The van der Waals surface area contributed by atoms with Crippen molar-refractivity contribution in [3.8, 4) is 11.5 Å². The molecule has 1 aliphatic heterocycles. The number of ether oxygens (including phenoxy) is 1. The van der Waals surface area contributed by atoms with Gasteiger partial charge < -0.3 is 19.5 Å². The first-order valence-electron chi connectivity index (χ1n) is 6.14. The molecule has 0 amide bonds. The number of aromatic amines is 1. The lowest BCUT2D eigenvalue weighted by Gasteiger charge is -2.06. The second kappa shape index (κ2) is 4.59. The van der Waals surface area contributed by atoms with E-state index >= 15 is 0 Å². The molecule has 2 atom stereocenters. The summed E-state index contributed by atoms with van der Waals surface area (Å²) in [6.07, 6.45) is 2.88. The van der Waals surface area contributed by atoms with E-state index in [4.69, 9.17) is 9.15 Å². The molecule has 2 aromatic heterocycles. The topological polar surface area (TPSA) is 63.1 Å². The molecule has 0 spiro atoms. The lowest BCUT2D eigenvalue weighted by molar-refractivity contribution is 0.117. The fourth-order valence-electron chi connectivity index (χ4n) is 2.39. The molecule has 2 aromatic rings. The van der Waals surface area contributed by atoms with Gasteiger partial charge in [0.25, 0.3) is 0 Å². The Hall–Kier alpha value is -1.59. The Kier molecular flexibility index (Phi) is 2.93. The largest absolute Gasteiger partial charge is 0.463 e. The van der Waals surface area contributed by atoms with Crippen LogP contribution in [0.4, 0.5) is 0 Å². The Labute approximate surface area is 106 Å². The summed E-state index contributed by atoms with van der Waals surface area (Å²) >= 11 is 0. The second-order valence-electron chi connectivity index (χ2n) is 4.63. The molecule has 2 unspecified atom stereocenters. The molecule has 96 valence electrons. The van der Waals surface area contributed by atoms with Crippen molar-refractivity contribution in [2.24, 2.45) is 0 Å². The highest BCUT2D eigenvalue weighted by atomic mass is 16.5. The zero-order chi connectivity index (χ0) is 12.5. The van der Waals surface area contributed by atoms with Crippen LogP contribution in [-0.2, 0) is 4.74 Å². The van der Waals surface area contributed by atoms with Gasteiger partial charge in [0.05, 0.1) is 18.4 Å². The smallest absolute Gasteiger partial charge is 0.154 e. The number of imidazole rings is 1. The predicted octanol–water partition coefficient (Wildman–Crippen LogP) is 2.03. The number of aryl methyl sites for hydroxylation is 1. The molecule has 2 N–H and O–H groups in total. The van der Waals surface area contributed by atoms with Crippen molar-refractivity contribution in [2.75, 3.05) is 13.7 Å². The first kappa shape index (κ1) is 11.5. The van der Waals surface area contributed by atoms with Crippen molar-refractivity contribution in [1.29, 1.82) is 0 Å². The van der Waals surface area contributed by atoms with Crippen molar-refractivity contribution in [2.45, 2.75) is 25.5 Å². The molecule has 3 rings (SSSR count). The van der Waals surface area contributed by atoms with Crippen LogP contribution in [0.25, 0.3) is 11.5 Å². The monoisotopic (exact) mass is 247 g/mol. The SMILES string of the molecule is COC1CNC(c2nc(-c3ccco3)c(C)[nH]2)C1. The zero-order valence-corrected chi connectivity index (χ0v) is 10.6. The molecular weight excluding hydrogens is 230 g/mol. The van der Waals surface area contributed by atoms with Crippen LogP contribution in [0.1, 0.15) is 24.0 Å². The molecule has 0 aromatic carbocycles. The van der Waals surface area contributed by atoms with Gasteiger partial charge in [-0.15, -0.1) is 0 Å². The van der Waals surface area contributed by atoms with E-state index in [-0.39, 0.29) is 12.1 Å². The summed E-state index contributed by atoms with van der Waals surface area (Å²) in [6, 6.07) is 4.03. The number of H-pyrrole nitrogens is 1. The molecule has 5 nitrogen and oxygen atoms in total. The first-order chi connectivity index (χ1) is 8.78. The highest BCUT2D eigenvalue weighted by Crippen LogP contribution is 2.27. The number of rotatable bonds is 3. The van der Waals surface area contributed by atoms with Crippen LogP contribution >= 0.6 is 0 Å². The summed E-state index contributed by atoms with van der Waals surface area (Å²) in [5.74, 6) is 1.76. The third-order valence-corrected chi connectivity index (χ3v) is 3.41. The van der Waals surface area contributed by atoms with Gasteiger partial charge in [0.1, 0.15) is 11.5 Å². The maximum Gasteiger partial charge on any atom is 0.154 e. The quantitative estimate of drug-likeness (QED) is 0.871. The van der Waals surface area contributed by atoms with E-state index < -0.39 is 0 Å². The van der Waals surface area contributed by atoms with E-state index in [1.54, 1.807) is 13.4 Å². The molecule has 18 heavy (non-hydrogen) atoms. The number of hydrogen-bond acceptors (Lipinski definition) is 4. The van der Waals surface area contributed by atoms with E-state index in [1.807, 2.05) is 19.1 Å². The van der Waals surface area contributed by atoms with Crippen LogP contribution in [0, 0.1) is 6.92 Å². The molecule has 0 aliphatic carbocycles. The third kappa shape index (κ3) is 1.95. The van der Waals surface area contributed by atoms with E-state index in [1.165, 1.54) is 0 Å². The molecule has 0 radical (unpaired) electrons. The molecule has 3 heterocycles. The van der Waals surface area contributed by atoms with E-state index in [0.29, 0.717) is 0 Å². The first-order valence-corrected chi connectivity index (χ1v) is 6.14. The second-order valence-corrected chi connectivity index (χ2v) is 4.63. The van der Waals surface area contributed by atoms with E-state index in [9.17, 15) is 0 Å². The number of hydrogen-bond donors (Lipinski definition) is 2. The van der Waals surface area contributed by atoms with Crippen molar-refractivity contribution in [3.05, 3.63) is 29.9 Å². The Balaban J connectivity index is 1.85. The van der Waals surface area contributed by atoms with Crippen LogP contribution in [0.15, 0.2) is 22.8 Å². The molecule has 0 saturated carbocycles. The summed E-state index contributed by atoms with van der Waals surface area (Å²) in [4.78, 5) is 7.97. The molecule has 5 heteroatoms. The van der Waals surface area contributed by atoms with Gasteiger partial charge in [-0.2, -0.15) is 0 Å². The summed E-state index contributed by atoms with van der Waals surface area (Å²) in [5.41, 5.74) is 1.92. The molecule has 1 saturated heterocycles. The lowest BCUT2D eigenvalue weighted by atomic mass is 10.2. The Morgan fingerprint density at radius 2 is 2.39 bits per heavy atom. The van der Waals surface area contributed by atoms with Crippen molar-refractivity contribution >= 4 is 0 Å². The maximum atomic E-state index is 5.39. The van der Waals surface area contributed by atoms with Crippen molar-refractivity contribution < 1.29 is 9.15 Å². The number of furan rings is 1. The minimum atomic E-state index is 0.234. The van der Waals surface area contributed by atoms with E-state index in [2.05, 4.69) is 15.3 Å². The van der Waals surface area contributed by atoms with Crippen LogP contribution in [0.5, 0.6) is 0 Å². The van der Waals surface area contributed by atoms with Gasteiger partial charge in [-0.05, 0) is 25.5 Å². The fourth-order valence-corrected chi connectivity index (χ4v) is 2.39. The Morgan fingerprint density at radius 1 is 1.50 bits per heavy atom.